The molecule has 1 aliphatic heterocycles. The highest BCUT2D eigenvalue weighted by Gasteiger charge is 2.36. The number of aryl methyl sites for hydroxylation is 1. The Hall–Kier alpha value is -3.09. The average Bonchev–Trinajstić information content (AvgIpc) is 2.93. The van der Waals surface area contributed by atoms with E-state index in [1.54, 1.807) is 46.1 Å². The molecule has 142 valence electrons. The number of H-pyrrole nitrogens is 1. The molecule has 27 heavy (non-hydrogen) atoms. The molecular formula is C20H23N3O4. The van der Waals surface area contributed by atoms with Gasteiger partial charge in [-0.25, -0.2) is 0 Å². The minimum absolute atomic E-state index is 0.0941. The lowest BCUT2D eigenvalue weighted by atomic mass is 10.1. The summed E-state index contributed by atoms with van der Waals surface area (Å²) >= 11 is 0. The van der Waals surface area contributed by atoms with Crippen molar-refractivity contribution in [2.45, 2.75) is 26.9 Å². The predicted molar refractivity (Wildman–Crippen MR) is 101 cm³/mol. The number of ketones is 1. The number of benzene rings is 1. The normalized spacial score (nSPS) is 15.7. The summed E-state index contributed by atoms with van der Waals surface area (Å²) in [6.07, 6.45) is -0.789. The summed E-state index contributed by atoms with van der Waals surface area (Å²) in [6, 6.07) is 7.12. The van der Waals surface area contributed by atoms with Crippen molar-refractivity contribution in [2.75, 3.05) is 25.5 Å². The zero-order valence-corrected chi connectivity index (χ0v) is 16.1. The number of carbonyl (C=O) groups excluding carboxylic acids is 3. The van der Waals surface area contributed by atoms with E-state index in [4.69, 9.17) is 4.74 Å². The molecule has 1 atom stereocenters. The number of aromatic amines is 1. The molecule has 1 N–H and O–H groups in total. The monoisotopic (exact) mass is 369 g/mol. The van der Waals surface area contributed by atoms with Crippen LogP contribution in [0.2, 0.25) is 0 Å². The van der Waals surface area contributed by atoms with Gasteiger partial charge >= 0.3 is 0 Å². The number of hydrogen-bond donors (Lipinski definition) is 1. The molecular weight excluding hydrogens is 346 g/mol. The smallest absolute Gasteiger partial charge is 0.275 e. The molecule has 0 radical (unpaired) electrons. The van der Waals surface area contributed by atoms with E-state index in [0.29, 0.717) is 34.0 Å². The number of fused-ring (bicyclic) bond motifs is 1. The molecule has 0 spiro atoms. The number of anilines is 1. The van der Waals surface area contributed by atoms with Crippen LogP contribution in [0.25, 0.3) is 0 Å². The van der Waals surface area contributed by atoms with Crippen molar-refractivity contribution in [3.05, 3.63) is 46.8 Å². The second kappa shape index (κ2) is 6.90. The fraction of sp³-hybridized carbons (Fsp3) is 0.350. The third-order valence-corrected chi connectivity index (χ3v) is 4.74. The van der Waals surface area contributed by atoms with Gasteiger partial charge in [0.25, 0.3) is 11.8 Å². The molecule has 0 aliphatic carbocycles. The Balaban J connectivity index is 2.04. The van der Waals surface area contributed by atoms with Gasteiger partial charge in [-0.1, -0.05) is 12.1 Å². The zero-order valence-electron chi connectivity index (χ0n) is 16.1. The highest BCUT2D eigenvalue weighted by molar-refractivity contribution is 6.10. The van der Waals surface area contributed by atoms with E-state index in [0.717, 1.165) is 0 Å². The van der Waals surface area contributed by atoms with E-state index < -0.39 is 6.10 Å². The molecule has 1 aromatic carbocycles. The first kappa shape index (κ1) is 18.7. The van der Waals surface area contributed by atoms with E-state index in [1.165, 1.54) is 16.7 Å². The minimum Gasteiger partial charge on any atom is -0.476 e. The number of amides is 2. The maximum absolute atomic E-state index is 13.3. The summed E-state index contributed by atoms with van der Waals surface area (Å²) in [6.45, 7) is 5.10. The van der Waals surface area contributed by atoms with E-state index in [-0.39, 0.29) is 24.1 Å². The summed E-state index contributed by atoms with van der Waals surface area (Å²) < 4.78 is 5.82. The predicted octanol–water partition coefficient (Wildman–Crippen LogP) is 2.33. The third-order valence-electron chi connectivity index (χ3n) is 4.74. The Kier molecular flexibility index (Phi) is 4.78. The van der Waals surface area contributed by atoms with Gasteiger partial charge in [0.05, 0.1) is 12.2 Å². The number of carbonyl (C=O) groups is 3. The fourth-order valence-electron chi connectivity index (χ4n) is 3.47. The van der Waals surface area contributed by atoms with Gasteiger partial charge in [0.15, 0.2) is 11.9 Å². The number of ether oxygens (including phenoxy) is 1. The number of likely N-dealkylation sites (N-methyl/N-ethyl adjacent to an activating group) is 1. The molecule has 0 saturated heterocycles. The first-order valence-electron chi connectivity index (χ1n) is 8.71. The lowest BCUT2D eigenvalue weighted by Crippen LogP contribution is -2.50. The quantitative estimate of drug-likeness (QED) is 0.842. The van der Waals surface area contributed by atoms with Gasteiger partial charge in [0.1, 0.15) is 11.4 Å². The largest absolute Gasteiger partial charge is 0.476 e. The van der Waals surface area contributed by atoms with Crippen LogP contribution in [0.5, 0.6) is 5.75 Å². The van der Waals surface area contributed by atoms with Crippen molar-refractivity contribution >= 4 is 23.3 Å². The standard InChI is InChI=1S/C20H23N3O4/c1-11-17(13(3)24)12(2)21-18(11)20(26)23-10-16(19(25)22(4)5)27-15-9-7-6-8-14(15)23/h6-9,16,21H,10H2,1-5H3/t16-/m1/s1. The molecule has 2 amide bonds. The lowest BCUT2D eigenvalue weighted by Gasteiger charge is -2.35. The summed E-state index contributed by atoms with van der Waals surface area (Å²) in [4.78, 5) is 43.7. The second-order valence-corrected chi connectivity index (χ2v) is 6.90. The first-order valence-corrected chi connectivity index (χ1v) is 8.71. The van der Waals surface area contributed by atoms with Crippen LogP contribution in [0.3, 0.4) is 0 Å². The molecule has 2 aromatic rings. The molecule has 0 bridgehead atoms. The molecule has 0 unspecified atom stereocenters. The van der Waals surface area contributed by atoms with Gasteiger partial charge in [-0.15, -0.1) is 0 Å². The second-order valence-electron chi connectivity index (χ2n) is 6.90. The molecule has 3 rings (SSSR count). The molecule has 1 aliphatic rings. The maximum Gasteiger partial charge on any atom is 0.275 e. The van der Waals surface area contributed by atoms with Crippen molar-refractivity contribution in [1.29, 1.82) is 0 Å². The van der Waals surface area contributed by atoms with Crippen LogP contribution < -0.4 is 9.64 Å². The number of hydrogen-bond acceptors (Lipinski definition) is 4. The van der Waals surface area contributed by atoms with Crippen LogP contribution in [0.15, 0.2) is 24.3 Å². The van der Waals surface area contributed by atoms with Crippen LogP contribution in [0, 0.1) is 13.8 Å². The van der Waals surface area contributed by atoms with E-state index in [9.17, 15) is 14.4 Å². The highest BCUT2D eigenvalue weighted by Crippen LogP contribution is 2.35. The summed E-state index contributed by atoms with van der Waals surface area (Å²) in [7, 11) is 3.30. The number of Topliss-reactive ketones (excluding diaryl/α,β-unsaturated/α-hetero) is 1. The molecule has 1 aromatic heterocycles. The number of rotatable bonds is 3. The van der Waals surface area contributed by atoms with Gasteiger partial charge in [-0.05, 0) is 38.5 Å². The number of nitrogens with one attached hydrogen (secondary N) is 1. The highest BCUT2D eigenvalue weighted by atomic mass is 16.5. The van der Waals surface area contributed by atoms with E-state index in [2.05, 4.69) is 4.98 Å². The Labute approximate surface area is 157 Å². The lowest BCUT2D eigenvalue weighted by molar-refractivity contribution is -0.135. The van der Waals surface area contributed by atoms with E-state index in [1.807, 2.05) is 6.07 Å². The van der Waals surface area contributed by atoms with Crippen molar-refractivity contribution in [3.63, 3.8) is 0 Å². The van der Waals surface area contributed by atoms with Crippen LogP contribution in [-0.4, -0.2) is 54.2 Å². The third kappa shape index (κ3) is 3.20. The van der Waals surface area contributed by atoms with Crippen LogP contribution in [0.1, 0.15) is 39.0 Å². The Morgan fingerprint density at radius 1 is 1.19 bits per heavy atom. The van der Waals surface area contributed by atoms with Crippen LogP contribution in [-0.2, 0) is 4.79 Å². The Morgan fingerprint density at radius 3 is 2.44 bits per heavy atom. The Bertz CT molecular complexity index is 929. The molecule has 7 heteroatoms. The van der Waals surface area contributed by atoms with Crippen LogP contribution >= 0.6 is 0 Å². The van der Waals surface area contributed by atoms with Crippen molar-refractivity contribution in [2.24, 2.45) is 0 Å². The molecule has 0 saturated carbocycles. The van der Waals surface area contributed by atoms with Gasteiger partial charge in [0.2, 0.25) is 0 Å². The molecule has 0 fully saturated rings. The van der Waals surface area contributed by atoms with Crippen LogP contribution in [0.4, 0.5) is 5.69 Å². The van der Waals surface area contributed by atoms with Crippen molar-refractivity contribution in [3.8, 4) is 5.75 Å². The van der Waals surface area contributed by atoms with Gasteiger partial charge in [0, 0.05) is 25.4 Å². The maximum atomic E-state index is 13.3. The fourth-order valence-corrected chi connectivity index (χ4v) is 3.47. The minimum atomic E-state index is -0.789. The Morgan fingerprint density at radius 2 is 1.85 bits per heavy atom. The van der Waals surface area contributed by atoms with Crippen molar-refractivity contribution in [1.82, 2.24) is 9.88 Å². The van der Waals surface area contributed by atoms with Crippen molar-refractivity contribution < 1.29 is 19.1 Å². The van der Waals surface area contributed by atoms with Gasteiger partial charge in [-0.2, -0.15) is 0 Å². The number of aromatic nitrogens is 1. The van der Waals surface area contributed by atoms with Gasteiger partial charge < -0.3 is 14.6 Å². The van der Waals surface area contributed by atoms with E-state index >= 15 is 0 Å². The van der Waals surface area contributed by atoms with Gasteiger partial charge in [-0.3, -0.25) is 19.3 Å². The summed E-state index contributed by atoms with van der Waals surface area (Å²) in [5.41, 5.74) is 2.75. The number of nitrogens with zero attached hydrogens (tertiary/aromatic N) is 2. The molecule has 7 nitrogen and oxygen atoms in total. The first-order chi connectivity index (χ1) is 12.7. The topological polar surface area (TPSA) is 82.7 Å². The summed E-state index contributed by atoms with van der Waals surface area (Å²) in [5.74, 6) is -0.130. The number of para-hydroxylation sites is 2. The molecule has 2 heterocycles. The zero-order chi connectivity index (χ0) is 19.9. The average molecular weight is 369 g/mol. The SMILES string of the molecule is CC(=O)c1c(C)[nH]c(C(=O)N2C[C@H](C(=O)N(C)C)Oc3ccccc32)c1C. The summed E-state index contributed by atoms with van der Waals surface area (Å²) in [5, 5.41) is 0.